The predicted octanol–water partition coefficient (Wildman–Crippen LogP) is 2.41. The number of carbonyl (C=O) groups is 2. The van der Waals surface area contributed by atoms with Crippen molar-refractivity contribution in [1.29, 1.82) is 0 Å². The number of aliphatic carboxylic acids is 1. The molecule has 2 atom stereocenters. The molecule has 1 aliphatic carbocycles. The van der Waals surface area contributed by atoms with Gasteiger partial charge in [0.15, 0.2) is 0 Å². The standard InChI is InChI=1S/C17H23NO3/c1-11(2)15(10-16(19)20)18-17(21)14-8-7-12-5-3-4-6-13(12)9-14/h3-6,11,14-15H,7-10H2,1-2H3,(H,18,21)(H,19,20). The molecular formula is C17H23NO3. The molecule has 1 aromatic carbocycles. The van der Waals surface area contributed by atoms with E-state index < -0.39 is 5.97 Å². The number of carbonyl (C=O) groups excluding carboxylic acids is 1. The van der Waals surface area contributed by atoms with Gasteiger partial charge in [-0.3, -0.25) is 9.59 Å². The monoisotopic (exact) mass is 289 g/mol. The Kier molecular flexibility index (Phi) is 4.99. The molecule has 21 heavy (non-hydrogen) atoms. The number of carboxylic acid groups (broad SMARTS) is 1. The Labute approximate surface area is 125 Å². The van der Waals surface area contributed by atoms with Crippen LogP contribution in [0.5, 0.6) is 0 Å². The topological polar surface area (TPSA) is 66.4 Å². The molecule has 2 N–H and O–H groups in total. The lowest BCUT2D eigenvalue weighted by atomic mass is 9.83. The Bertz CT molecular complexity index is 525. The van der Waals surface area contributed by atoms with Gasteiger partial charge >= 0.3 is 5.97 Å². The third-order valence-corrected chi connectivity index (χ3v) is 4.24. The number of hydrogen-bond donors (Lipinski definition) is 2. The van der Waals surface area contributed by atoms with Gasteiger partial charge in [-0.25, -0.2) is 0 Å². The molecule has 0 radical (unpaired) electrons. The molecule has 0 fully saturated rings. The zero-order valence-corrected chi connectivity index (χ0v) is 12.6. The van der Waals surface area contributed by atoms with E-state index in [0.29, 0.717) is 0 Å². The van der Waals surface area contributed by atoms with Gasteiger partial charge < -0.3 is 10.4 Å². The van der Waals surface area contributed by atoms with Crippen molar-refractivity contribution in [2.75, 3.05) is 0 Å². The first kappa shape index (κ1) is 15.5. The van der Waals surface area contributed by atoms with E-state index in [2.05, 4.69) is 17.4 Å². The summed E-state index contributed by atoms with van der Waals surface area (Å²) in [5, 5.41) is 11.9. The van der Waals surface area contributed by atoms with Gasteiger partial charge in [-0.2, -0.15) is 0 Å². The van der Waals surface area contributed by atoms with Gasteiger partial charge in [0.1, 0.15) is 0 Å². The largest absolute Gasteiger partial charge is 0.481 e. The maximum Gasteiger partial charge on any atom is 0.305 e. The summed E-state index contributed by atoms with van der Waals surface area (Å²) in [6.45, 7) is 3.87. The summed E-state index contributed by atoms with van der Waals surface area (Å²) in [6, 6.07) is 7.92. The summed E-state index contributed by atoms with van der Waals surface area (Å²) in [7, 11) is 0. The average Bonchev–Trinajstić information content (AvgIpc) is 2.45. The fourth-order valence-corrected chi connectivity index (χ4v) is 2.86. The van der Waals surface area contributed by atoms with Crippen LogP contribution in [-0.2, 0) is 22.4 Å². The molecule has 2 unspecified atom stereocenters. The second-order valence-electron chi connectivity index (χ2n) is 6.17. The Balaban J connectivity index is 1.99. The quantitative estimate of drug-likeness (QED) is 0.874. The third-order valence-electron chi connectivity index (χ3n) is 4.24. The first-order valence-corrected chi connectivity index (χ1v) is 7.56. The van der Waals surface area contributed by atoms with Crippen LogP contribution in [0.15, 0.2) is 24.3 Å². The Hall–Kier alpha value is -1.84. The maximum absolute atomic E-state index is 12.4. The maximum atomic E-state index is 12.4. The molecule has 0 aliphatic heterocycles. The summed E-state index contributed by atoms with van der Waals surface area (Å²) in [5.41, 5.74) is 2.57. The van der Waals surface area contributed by atoms with Crippen molar-refractivity contribution in [2.24, 2.45) is 11.8 Å². The van der Waals surface area contributed by atoms with E-state index in [1.54, 1.807) is 0 Å². The number of hydrogen-bond acceptors (Lipinski definition) is 2. The van der Waals surface area contributed by atoms with Crippen LogP contribution < -0.4 is 5.32 Å². The molecule has 0 spiro atoms. The molecule has 4 heteroatoms. The molecule has 4 nitrogen and oxygen atoms in total. The zero-order valence-electron chi connectivity index (χ0n) is 12.6. The van der Waals surface area contributed by atoms with Gasteiger partial charge in [-0.05, 0) is 36.3 Å². The third kappa shape index (κ3) is 4.06. The molecule has 1 aromatic rings. The minimum atomic E-state index is -0.872. The number of nitrogens with one attached hydrogen (secondary N) is 1. The number of carboxylic acids is 1. The Morgan fingerprint density at radius 3 is 2.57 bits per heavy atom. The smallest absolute Gasteiger partial charge is 0.305 e. The number of aryl methyl sites for hydroxylation is 1. The predicted molar refractivity (Wildman–Crippen MR) is 81.0 cm³/mol. The molecule has 114 valence electrons. The van der Waals surface area contributed by atoms with Crippen LogP contribution in [-0.4, -0.2) is 23.0 Å². The first-order chi connectivity index (χ1) is 9.97. The van der Waals surface area contributed by atoms with Crippen LogP contribution >= 0.6 is 0 Å². The summed E-state index contributed by atoms with van der Waals surface area (Å²) in [5.74, 6) is -0.816. The minimum absolute atomic E-state index is 0.00977. The summed E-state index contributed by atoms with van der Waals surface area (Å²) in [6.07, 6.45) is 2.48. The molecule has 2 rings (SSSR count). The summed E-state index contributed by atoms with van der Waals surface area (Å²) in [4.78, 5) is 23.3. The van der Waals surface area contributed by atoms with Gasteiger partial charge in [0.25, 0.3) is 0 Å². The molecule has 0 bridgehead atoms. The van der Waals surface area contributed by atoms with Gasteiger partial charge in [0.2, 0.25) is 5.91 Å². The number of benzene rings is 1. The second-order valence-corrected chi connectivity index (χ2v) is 6.17. The van der Waals surface area contributed by atoms with E-state index in [9.17, 15) is 9.59 Å². The highest BCUT2D eigenvalue weighted by Gasteiger charge is 2.27. The van der Waals surface area contributed by atoms with E-state index in [4.69, 9.17) is 5.11 Å². The number of amides is 1. The fraction of sp³-hybridized carbons (Fsp3) is 0.529. The SMILES string of the molecule is CC(C)C(CC(=O)O)NC(=O)C1CCc2ccccc2C1. The lowest BCUT2D eigenvalue weighted by Gasteiger charge is -2.27. The molecule has 0 aromatic heterocycles. The van der Waals surface area contributed by atoms with Gasteiger partial charge in [-0.1, -0.05) is 38.1 Å². The van der Waals surface area contributed by atoms with Gasteiger partial charge in [-0.15, -0.1) is 0 Å². The van der Waals surface area contributed by atoms with E-state index in [1.165, 1.54) is 11.1 Å². The van der Waals surface area contributed by atoms with Crippen molar-refractivity contribution in [3.63, 3.8) is 0 Å². The molecule has 0 saturated heterocycles. The highest BCUT2D eigenvalue weighted by molar-refractivity contribution is 5.80. The van der Waals surface area contributed by atoms with Crippen molar-refractivity contribution in [3.05, 3.63) is 35.4 Å². The lowest BCUT2D eigenvalue weighted by molar-refractivity contribution is -0.138. The van der Waals surface area contributed by atoms with Crippen molar-refractivity contribution in [2.45, 2.75) is 45.6 Å². The normalized spacial score (nSPS) is 18.9. The summed E-state index contributed by atoms with van der Waals surface area (Å²) >= 11 is 0. The van der Waals surface area contributed by atoms with Crippen molar-refractivity contribution >= 4 is 11.9 Å². The summed E-state index contributed by atoms with van der Waals surface area (Å²) < 4.78 is 0. The van der Waals surface area contributed by atoms with Crippen LogP contribution in [0.4, 0.5) is 0 Å². The van der Waals surface area contributed by atoms with Crippen molar-refractivity contribution in [3.8, 4) is 0 Å². The minimum Gasteiger partial charge on any atom is -0.481 e. The van der Waals surface area contributed by atoms with Crippen LogP contribution in [0.2, 0.25) is 0 Å². The number of rotatable bonds is 5. The lowest BCUT2D eigenvalue weighted by Crippen LogP contribution is -2.44. The highest BCUT2D eigenvalue weighted by atomic mass is 16.4. The van der Waals surface area contributed by atoms with E-state index in [0.717, 1.165) is 19.3 Å². The van der Waals surface area contributed by atoms with Gasteiger partial charge in [0, 0.05) is 12.0 Å². The van der Waals surface area contributed by atoms with E-state index in [1.807, 2.05) is 26.0 Å². The van der Waals surface area contributed by atoms with Crippen LogP contribution in [0, 0.1) is 11.8 Å². The zero-order chi connectivity index (χ0) is 15.4. The van der Waals surface area contributed by atoms with E-state index in [-0.39, 0.29) is 30.2 Å². The van der Waals surface area contributed by atoms with Crippen LogP contribution in [0.1, 0.15) is 37.8 Å². The highest BCUT2D eigenvalue weighted by Crippen LogP contribution is 2.25. The first-order valence-electron chi connectivity index (χ1n) is 7.56. The Morgan fingerprint density at radius 2 is 1.95 bits per heavy atom. The number of fused-ring (bicyclic) bond motifs is 1. The molecule has 0 saturated carbocycles. The van der Waals surface area contributed by atoms with Crippen molar-refractivity contribution in [1.82, 2.24) is 5.32 Å². The van der Waals surface area contributed by atoms with E-state index >= 15 is 0 Å². The molecule has 1 amide bonds. The average molecular weight is 289 g/mol. The molecule has 1 aliphatic rings. The molecule has 0 heterocycles. The second kappa shape index (κ2) is 6.74. The van der Waals surface area contributed by atoms with Gasteiger partial charge in [0.05, 0.1) is 6.42 Å². The van der Waals surface area contributed by atoms with Crippen LogP contribution in [0.3, 0.4) is 0 Å². The van der Waals surface area contributed by atoms with Crippen LogP contribution in [0.25, 0.3) is 0 Å². The Morgan fingerprint density at radius 1 is 1.29 bits per heavy atom. The molecular weight excluding hydrogens is 266 g/mol. The van der Waals surface area contributed by atoms with Crippen molar-refractivity contribution < 1.29 is 14.7 Å². The fourth-order valence-electron chi connectivity index (χ4n) is 2.86.